The Labute approximate surface area is 141 Å². The second-order valence-electron chi connectivity index (χ2n) is 7.07. The summed E-state index contributed by atoms with van der Waals surface area (Å²) in [6.45, 7) is 5.03. The first kappa shape index (κ1) is 15.2. The number of carbonyl (C=O) groups excluding carboxylic acids is 1. The highest BCUT2D eigenvalue weighted by atomic mass is 32.1. The number of hydrogen-bond donors (Lipinski definition) is 1. The second kappa shape index (κ2) is 6.25. The maximum Gasteiger partial charge on any atom is 0.225 e. The molecule has 1 aromatic carbocycles. The van der Waals surface area contributed by atoms with Gasteiger partial charge in [-0.1, -0.05) is 25.1 Å². The Balaban J connectivity index is 1.35. The van der Waals surface area contributed by atoms with Crippen molar-refractivity contribution in [3.63, 3.8) is 0 Å². The molecule has 0 unspecified atom stereocenters. The minimum atomic E-state index is 0.351. The Morgan fingerprint density at radius 2 is 2.13 bits per heavy atom. The van der Waals surface area contributed by atoms with Crippen LogP contribution >= 0.6 is 11.3 Å². The van der Waals surface area contributed by atoms with Crippen molar-refractivity contribution in [2.75, 3.05) is 13.1 Å². The molecule has 0 bridgehead atoms. The summed E-state index contributed by atoms with van der Waals surface area (Å²) in [6.07, 6.45) is 3.29. The Kier molecular flexibility index (Phi) is 4.12. The maximum atomic E-state index is 12.2. The fourth-order valence-corrected chi connectivity index (χ4v) is 4.61. The van der Waals surface area contributed by atoms with Gasteiger partial charge in [0.05, 0.1) is 0 Å². The van der Waals surface area contributed by atoms with Gasteiger partial charge in [-0.05, 0) is 47.6 Å². The molecule has 1 saturated heterocycles. The highest BCUT2D eigenvalue weighted by Crippen LogP contribution is 2.32. The van der Waals surface area contributed by atoms with Crippen molar-refractivity contribution in [3.05, 3.63) is 35.2 Å². The summed E-state index contributed by atoms with van der Waals surface area (Å²) in [7, 11) is 0. The van der Waals surface area contributed by atoms with E-state index in [1.165, 1.54) is 15.6 Å². The summed E-state index contributed by atoms with van der Waals surface area (Å²) < 4.78 is 1.36. The van der Waals surface area contributed by atoms with Crippen molar-refractivity contribution in [2.45, 2.75) is 38.8 Å². The average molecular weight is 328 g/mol. The lowest BCUT2D eigenvalue weighted by atomic mass is 9.93. The van der Waals surface area contributed by atoms with E-state index in [0.29, 0.717) is 23.8 Å². The van der Waals surface area contributed by atoms with Gasteiger partial charge in [0, 0.05) is 36.3 Å². The number of fused-ring (bicyclic) bond motifs is 1. The zero-order valence-corrected chi connectivity index (χ0v) is 14.4. The number of amides is 1. The van der Waals surface area contributed by atoms with Gasteiger partial charge in [-0.3, -0.25) is 4.79 Å². The Hall–Kier alpha value is -1.39. The topological polar surface area (TPSA) is 32.3 Å². The highest BCUT2D eigenvalue weighted by molar-refractivity contribution is 7.17. The Morgan fingerprint density at radius 3 is 2.91 bits per heavy atom. The smallest absolute Gasteiger partial charge is 0.225 e. The standard InChI is InChI=1S/C19H24N2OS/c1-13-11-21(19(22)14-6-7-14)9-8-17(13)20-10-15-12-23-18-5-3-2-4-16(15)18/h2-5,12-14,17,20H,6-11H2,1H3/t13-,17-/m0/s1. The zero-order valence-electron chi connectivity index (χ0n) is 13.6. The van der Waals surface area contributed by atoms with E-state index in [4.69, 9.17) is 0 Å². The SMILES string of the molecule is C[C@H]1CN(C(=O)C2CC2)CC[C@@H]1NCc1csc2ccccc12. The quantitative estimate of drug-likeness (QED) is 0.929. The third kappa shape index (κ3) is 3.15. The summed E-state index contributed by atoms with van der Waals surface area (Å²) in [5, 5.41) is 7.38. The van der Waals surface area contributed by atoms with E-state index in [-0.39, 0.29) is 0 Å². The van der Waals surface area contributed by atoms with Gasteiger partial charge in [-0.15, -0.1) is 11.3 Å². The van der Waals surface area contributed by atoms with Crippen LogP contribution in [0.25, 0.3) is 10.1 Å². The molecule has 0 radical (unpaired) electrons. The molecule has 4 heteroatoms. The van der Waals surface area contributed by atoms with Gasteiger partial charge in [-0.25, -0.2) is 0 Å². The van der Waals surface area contributed by atoms with Gasteiger partial charge in [0.1, 0.15) is 0 Å². The predicted octanol–water partition coefficient (Wildman–Crippen LogP) is 3.64. The van der Waals surface area contributed by atoms with E-state index in [2.05, 4.69) is 46.8 Å². The number of benzene rings is 1. The van der Waals surface area contributed by atoms with Crippen LogP contribution in [-0.2, 0) is 11.3 Å². The lowest BCUT2D eigenvalue weighted by molar-refractivity contribution is -0.134. The molecule has 2 aliphatic rings. The van der Waals surface area contributed by atoms with Crippen LogP contribution in [0.1, 0.15) is 31.7 Å². The number of carbonyl (C=O) groups is 1. The van der Waals surface area contributed by atoms with Crippen LogP contribution in [0.5, 0.6) is 0 Å². The van der Waals surface area contributed by atoms with Gasteiger partial charge in [0.2, 0.25) is 5.91 Å². The van der Waals surface area contributed by atoms with Gasteiger partial charge in [-0.2, -0.15) is 0 Å². The normalized spacial score (nSPS) is 25.0. The summed E-state index contributed by atoms with van der Waals surface area (Å²) in [4.78, 5) is 14.3. The van der Waals surface area contributed by atoms with Crippen LogP contribution in [0.15, 0.2) is 29.6 Å². The molecule has 0 spiro atoms. The number of rotatable bonds is 4. The van der Waals surface area contributed by atoms with Crippen LogP contribution in [-0.4, -0.2) is 29.9 Å². The number of nitrogens with one attached hydrogen (secondary N) is 1. The van der Waals surface area contributed by atoms with E-state index in [0.717, 1.165) is 38.9 Å². The number of piperidine rings is 1. The lowest BCUT2D eigenvalue weighted by Crippen LogP contribution is -2.50. The highest BCUT2D eigenvalue weighted by Gasteiger charge is 2.36. The van der Waals surface area contributed by atoms with Crippen LogP contribution in [0.2, 0.25) is 0 Å². The molecular formula is C19H24N2OS. The Bertz CT molecular complexity index is 706. The van der Waals surface area contributed by atoms with Gasteiger partial charge >= 0.3 is 0 Å². The Morgan fingerprint density at radius 1 is 1.30 bits per heavy atom. The average Bonchev–Trinajstić information content (AvgIpc) is 3.34. The first-order valence-electron chi connectivity index (χ1n) is 8.69. The molecule has 1 aliphatic carbocycles. The van der Waals surface area contributed by atoms with Crippen molar-refractivity contribution in [1.29, 1.82) is 0 Å². The minimum Gasteiger partial charge on any atom is -0.342 e. The number of hydrogen-bond acceptors (Lipinski definition) is 3. The minimum absolute atomic E-state index is 0.351. The molecule has 1 aliphatic heterocycles. The number of thiophene rings is 1. The molecule has 2 heterocycles. The fourth-order valence-electron chi connectivity index (χ4n) is 3.65. The zero-order chi connectivity index (χ0) is 15.8. The largest absolute Gasteiger partial charge is 0.342 e. The molecule has 1 amide bonds. The molecule has 122 valence electrons. The van der Waals surface area contributed by atoms with Crippen molar-refractivity contribution in [2.24, 2.45) is 11.8 Å². The van der Waals surface area contributed by atoms with E-state index in [9.17, 15) is 4.79 Å². The van der Waals surface area contributed by atoms with Crippen molar-refractivity contribution >= 4 is 27.3 Å². The van der Waals surface area contributed by atoms with Crippen molar-refractivity contribution < 1.29 is 4.79 Å². The molecule has 1 aromatic heterocycles. The molecule has 1 saturated carbocycles. The number of nitrogens with zero attached hydrogens (tertiary/aromatic N) is 1. The first-order valence-corrected chi connectivity index (χ1v) is 9.57. The van der Waals surface area contributed by atoms with Crippen LogP contribution < -0.4 is 5.32 Å². The molecule has 23 heavy (non-hydrogen) atoms. The summed E-state index contributed by atoms with van der Waals surface area (Å²) in [5.41, 5.74) is 1.40. The second-order valence-corrected chi connectivity index (χ2v) is 7.98. The summed E-state index contributed by atoms with van der Waals surface area (Å²) in [5.74, 6) is 1.28. The molecule has 2 fully saturated rings. The third-order valence-corrected chi connectivity index (χ3v) is 6.27. The van der Waals surface area contributed by atoms with E-state index < -0.39 is 0 Å². The van der Waals surface area contributed by atoms with E-state index >= 15 is 0 Å². The van der Waals surface area contributed by atoms with Crippen LogP contribution in [0.3, 0.4) is 0 Å². The summed E-state index contributed by atoms with van der Waals surface area (Å²) >= 11 is 1.82. The van der Waals surface area contributed by atoms with E-state index in [1.807, 2.05) is 11.3 Å². The summed E-state index contributed by atoms with van der Waals surface area (Å²) in [6, 6.07) is 9.13. The predicted molar refractivity (Wildman–Crippen MR) is 95.5 cm³/mol. The lowest BCUT2D eigenvalue weighted by Gasteiger charge is -2.37. The van der Waals surface area contributed by atoms with E-state index in [1.54, 1.807) is 0 Å². The monoisotopic (exact) mass is 328 g/mol. The number of likely N-dealkylation sites (tertiary alicyclic amines) is 1. The third-order valence-electron chi connectivity index (χ3n) is 5.26. The molecule has 2 aromatic rings. The van der Waals surface area contributed by atoms with Gasteiger partial charge in [0.25, 0.3) is 0 Å². The first-order chi connectivity index (χ1) is 11.2. The molecule has 1 N–H and O–H groups in total. The van der Waals surface area contributed by atoms with Gasteiger partial charge in [0.15, 0.2) is 0 Å². The molecular weight excluding hydrogens is 304 g/mol. The fraction of sp³-hybridized carbons (Fsp3) is 0.526. The molecule has 4 rings (SSSR count). The van der Waals surface area contributed by atoms with Crippen molar-refractivity contribution in [1.82, 2.24) is 10.2 Å². The van der Waals surface area contributed by atoms with Crippen LogP contribution in [0.4, 0.5) is 0 Å². The molecule has 3 nitrogen and oxygen atoms in total. The maximum absolute atomic E-state index is 12.2. The molecule has 2 atom stereocenters. The van der Waals surface area contributed by atoms with Crippen LogP contribution in [0, 0.1) is 11.8 Å². The van der Waals surface area contributed by atoms with Gasteiger partial charge < -0.3 is 10.2 Å². The van der Waals surface area contributed by atoms with Crippen molar-refractivity contribution in [3.8, 4) is 0 Å².